The molecular weight excluding hydrogens is 230 g/mol. The molecular formula is C18H29N. The Morgan fingerprint density at radius 1 is 0.737 bits per heavy atom. The zero-order chi connectivity index (χ0) is 15.3. The molecule has 0 radical (unpaired) electrons. The summed E-state index contributed by atoms with van der Waals surface area (Å²) in [6.07, 6.45) is 11.9. The Labute approximate surface area is 119 Å². The lowest BCUT2D eigenvalue weighted by atomic mass is 10.1. The number of rotatable bonds is 4. The van der Waals surface area contributed by atoms with E-state index in [-0.39, 0.29) is 0 Å². The van der Waals surface area contributed by atoms with Crippen LogP contribution in [-0.2, 0) is 0 Å². The molecule has 106 valence electrons. The van der Waals surface area contributed by atoms with Gasteiger partial charge >= 0.3 is 0 Å². The summed E-state index contributed by atoms with van der Waals surface area (Å²) in [7, 11) is 0. The van der Waals surface area contributed by atoms with Gasteiger partial charge in [-0.3, -0.25) is 0 Å². The van der Waals surface area contributed by atoms with Crippen molar-refractivity contribution in [2.24, 2.45) is 0 Å². The van der Waals surface area contributed by atoms with Gasteiger partial charge in [0.2, 0.25) is 0 Å². The van der Waals surface area contributed by atoms with Crippen LogP contribution in [0.2, 0.25) is 0 Å². The van der Waals surface area contributed by atoms with Crippen LogP contribution in [0.15, 0.2) is 25.3 Å². The summed E-state index contributed by atoms with van der Waals surface area (Å²) in [5.74, 6) is 0. The fourth-order valence-electron chi connectivity index (χ4n) is 1.58. The molecule has 1 aromatic heterocycles. The number of H-pyrrole nitrogens is 1. The van der Waals surface area contributed by atoms with Crippen LogP contribution < -0.4 is 0 Å². The minimum absolute atomic E-state index is 1.04. The van der Waals surface area contributed by atoms with Crippen LogP contribution in [0.1, 0.15) is 64.1 Å². The summed E-state index contributed by atoms with van der Waals surface area (Å²) < 4.78 is 0. The third kappa shape index (κ3) is 5.60. The van der Waals surface area contributed by atoms with Crippen molar-refractivity contribution in [2.75, 3.05) is 0 Å². The lowest BCUT2D eigenvalue weighted by molar-refractivity contribution is 1.34. The van der Waals surface area contributed by atoms with Crippen molar-refractivity contribution in [2.45, 2.75) is 41.5 Å². The first-order valence-corrected chi connectivity index (χ1v) is 7.04. The molecule has 0 amide bonds. The molecule has 19 heavy (non-hydrogen) atoms. The summed E-state index contributed by atoms with van der Waals surface area (Å²) in [6.45, 7) is 19.6. The zero-order valence-electron chi connectivity index (χ0n) is 13.4. The predicted molar refractivity (Wildman–Crippen MR) is 93.1 cm³/mol. The minimum atomic E-state index is 1.04. The SMILES string of the molecule is C=Cc1[nH]c(C=C)c(/C=C\C)c1/C=C\C.CC.CC. The van der Waals surface area contributed by atoms with Crippen LogP contribution in [0.25, 0.3) is 24.3 Å². The Hall–Kier alpha value is -1.76. The van der Waals surface area contributed by atoms with Crippen LogP contribution >= 0.6 is 0 Å². The number of allylic oxidation sites excluding steroid dienone is 2. The van der Waals surface area contributed by atoms with Crippen molar-refractivity contribution < 1.29 is 0 Å². The molecule has 0 spiro atoms. The fraction of sp³-hybridized carbons (Fsp3) is 0.333. The van der Waals surface area contributed by atoms with Gasteiger partial charge in [0.15, 0.2) is 0 Å². The first kappa shape index (κ1) is 19.6. The lowest BCUT2D eigenvalue weighted by Gasteiger charge is -1.95. The maximum absolute atomic E-state index is 3.80. The van der Waals surface area contributed by atoms with Crippen LogP contribution in [0.5, 0.6) is 0 Å². The third-order valence-electron chi connectivity index (χ3n) is 2.21. The van der Waals surface area contributed by atoms with Crippen LogP contribution in [0, 0.1) is 0 Å². The highest BCUT2D eigenvalue weighted by molar-refractivity contribution is 5.78. The van der Waals surface area contributed by atoms with E-state index in [1.165, 1.54) is 11.1 Å². The second kappa shape index (κ2) is 12.7. The van der Waals surface area contributed by atoms with Crippen molar-refractivity contribution in [3.63, 3.8) is 0 Å². The molecule has 0 aliphatic heterocycles. The summed E-state index contributed by atoms with van der Waals surface area (Å²) in [5.41, 5.74) is 4.41. The van der Waals surface area contributed by atoms with Crippen molar-refractivity contribution in [3.8, 4) is 0 Å². The topological polar surface area (TPSA) is 15.8 Å². The predicted octanol–water partition coefficient (Wildman–Crippen LogP) is 6.42. The minimum Gasteiger partial charge on any atom is -0.355 e. The lowest BCUT2D eigenvalue weighted by Crippen LogP contribution is -1.77. The van der Waals surface area contributed by atoms with Gasteiger partial charge in [0.25, 0.3) is 0 Å². The van der Waals surface area contributed by atoms with E-state index in [4.69, 9.17) is 0 Å². The summed E-state index contributed by atoms with van der Waals surface area (Å²) >= 11 is 0. The van der Waals surface area contributed by atoms with Crippen molar-refractivity contribution in [1.82, 2.24) is 4.98 Å². The number of hydrogen-bond donors (Lipinski definition) is 1. The van der Waals surface area contributed by atoms with E-state index >= 15 is 0 Å². The van der Waals surface area contributed by atoms with E-state index in [0.29, 0.717) is 0 Å². The zero-order valence-corrected chi connectivity index (χ0v) is 13.4. The average Bonchev–Trinajstić information content (AvgIpc) is 2.82. The van der Waals surface area contributed by atoms with Crippen molar-refractivity contribution in [1.29, 1.82) is 0 Å². The molecule has 0 saturated carbocycles. The Morgan fingerprint density at radius 2 is 1.05 bits per heavy atom. The highest BCUT2D eigenvalue weighted by Gasteiger charge is 2.08. The van der Waals surface area contributed by atoms with E-state index in [1.54, 1.807) is 0 Å². The molecule has 0 aromatic carbocycles. The highest BCUT2D eigenvalue weighted by atomic mass is 14.7. The normalized spacial score (nSPS) is 9.58. The fourth-order valence-corrected chi connectivity index (χ4v) is 1.58. The first-order valence-electron chi connectivity index (χ1n) is 7.04. The van der Waals surface area contributed by atoms with Gasteiger partial charge in [-0.15, -0.1) is 0 Å². The summed E-state index contributed by atoms with van der Waals surface area (Å²) in [5, 5.41) is 0. The van der Waals surface area contributed by atoms with Gasteiger partial charge in [-0.2, -0.15) is 0 Å². The molecule has 0 aliphatic carbocycles. The maximum Gasteiger partial charge on any atom is 0.0458 e. The number of aromatic amines is 1. The van der Waals surface area contributed by atoms with Gasteiger partial charge in [-0.25, -0.2) is 0 Å². The largest absolute Gasteiger partial charge is 0.355 e. The molecule has 0 aliphatic rings. The molecule has 0 atom stereocenters. The molecule has 1 N–H and O–H groups in total. The molecule has 0 fully saturated rings. The van der Waals surface area contributed by atoms with Gasteiger partial charge in [-0.1, -0.05) is 65.2 Å². The van der Waals surface area contributed by atoms with Crippen LogP contribution in [0.4, 0.5) is 0 Å². The molecule has 1 heteroatoms. The van der Waals surface area contributed by atoms with Crippen LogP contribution in [-0.4, -0.2) is 4.98 Å². The Balaban J connectivity index is 0. The van der Waals surface area contributed by atoms with Gasteiger partial charge in [0, 0.05) is 22.5 Å². The Morgan fingerprint density at radius 3 is 1.26 bits per heavy atom. The standard InChI is InChI=1S/C14H17N.2C2H6/c1-5-9-11-12(10-6-2)14(8-4)15-13(11)7-3;2*1-2/h5-10,15H,3-4H2,1-2H3;2*1-2H3/b9-5-,10-6-;;. The van der Waals surface area contributed by atoms with E-state index < -0.39 is 0 Å². The van der Waals surface area contributed by atoms with Gasteiger partial charge < -0.3 is 4.98 Å². The molecule has 1 rings (SSSR count). The first-order chi connectivity index (χ1) is 9.28. The number of nitrogens with one attached hydrogen (secondary N) is 1. The molecule has 1 nitrogen and oxygen atoms in total. The van der Waals surface area contributed by atoms with Crippen molar-refractivity contribution >= 4 is 24.3 Å². The van der Waals surface area contributed by atoms with Gasteiger partial charge in [0.1, 0.15) is 0 Å². The molecule has 0 unspecified atom stereocenters. The number of hydrogen-bond acceptors (Lipinski definition) is 0. The monoisotopic (exact) mass is 259 g/mol. The second-order valence-electron chi connectivity index (χ2n) is 3.19. The van der Waals surface area contributed by atoms with Gasteiger partial charge in [-0.05, 0) is 26.0 Å². The van der Waals surface area contributed by atoms with E-state index in [2.05, 4.69) is 30.3 Å². The molecule has 1 aromatic rings. The average molecular weight is 259 g/mol. The quantitative estimate of drug-likeness (QED) is 0.642. The van der Waals surface area contributed by atoms with E-state index in [0.717, 1.165) is 11.4 Å². The molecule has 0 bridgehead atoms. The van der Waals surface area contributed by atoms with E-state index in [1.807, 2.05) is 65.8 Å². The van der Waals surface area contributed by atoms with Crippen LogP contribution in [0.3, 0.4) is 0 Å². The summed E-state index contributed by atoms with van der Waals surface area (Å²) in [6, 6.07) is 0. The molecule has 1 heterocycles. The smallest absolute Gasteiger partial charge is 0.0458 e. The highest BCUT2D eigenvalue weighted by Crippen LogP contribution is 2.24. The van der Waals surface area contributed by atoms with Gasteiger partial charge in [0.05, 0.1) is 0 Å². The third-order valence-corrected chi connectivity index (χ3v) is 2.21. The Bertz CT molecular complexity index is 379. The van der Waals surface area contributed by atoms with Crippen molar-refractivity contribution in [3.05, 3.63) is 47.8 Å². The number of aromatic nitrogens is 1. The molecule has 0 saturated heterocycles. The second-order valence-corrected chi connectivity index (χ2v) is 3.19. The van der Waals surface area contributed by atoms with E-state index in [9.17, 15) is 0 Å². The maximum atomic E-state index is 3.80. The summed E-state index contributed by atoms with van der Waals surface area (Å²) in [4.78, 5) is 3.28. The Kier molecular flexibility index (Phi) is 13.1.